The van der Waals surface area contributed by atoms with Gasteiger partial charge in [-0.15, -0.1) is 12.4 Å². The Kier molecular flexibility index (Phi) is 8.30. The second kappa shape index (κ2) is 11.0. The van der Waals surface area contributed by atoms with E-state index >= 15 is 0 Å². The fourth-order valence-corrected chi connectivity index (χ4v) is 4.52. The number of piperidine rings is 1. The van der Waals surface area contributed by atoms with E-state index in [1.54, 1.807) is 19.2 Å². The Hall–Kier alpha value is -2.94. The number of β-amino-alcohol motifs (C(OH)–C–C–N with tert-alkyl or cyclic N) is 1. The number of fused-ring (bicyclic) bond motifs is 1. The van der Waals surface area contributed by atoms with Crippen LogP contribution in [0.15, 0.2) is 36.5 Å². The highest BCUT2D eigenvalue weighted by atomic mass is 35.5. The molecule has 1 aliphatic rings. The zero-order valence-electron chi connectivity index (χ0n) is 19.3. The van der Waals surface area contributed by atoms with E-state index in [1.165, 1.54) is 12.3 Å². The summed E-state index contributed by atoms with van der Waals surface area (Å²) in [5.74, 6) is -0.0788. The van der Waals surface area contributed by atoms with E-state index in [9.17, 15) is 14.3 Å². The predicted molar refractivity (Wildman–Crippen MR) is 134 cm³/mol. The Balaban J connectivity index is 0.00000324. The molecular weight excluding hydrogens is 459 g/mol. The van der Waals surface area contributed by atoms with Crippen LogP contribution >= 0.6 is 12.4 Å². The third-order valence-electron chi connectivity index (χ3n) is 6.31. The van der Waals surface area contributed by atoms with Gasteiger partial charge in [-0.3, -0.25) is 9.78 Å². The van der Waals surface area contributed by atoms with Gasteiger partial charge in [-0.05, 0) is 68.1 Å². The molecule has 9 heteroatoms. The van der Waals surface area contributed by atoms with Gasteiger partial charge in [0.15, 0.2) is 0 Å². The van der Waals surface area contributed by atoms with Crippen LogP contribution in [0.5, 0.6) is 5.75 Å². The van der Waals surface area contributed by atoms with Crippen molar-refractivity contribution in [1.29, 1.82) is 0 Å². The van der Waals surface area contributed by atoms with E-state index in [0.717, 1.165) is 42.8 Å². The summed E-state index contributed by atoms with van der Waals surface area (Å²) in [5.41, 5.74) is 8.95. The summed E-state index contributed by atoms with van der Waals surface area (Å²) in [5, 5.41) is 13.0. The molecule has 7 nitrogen and oxygen atoms in total. The molecule has 0 atom stereocenters. The highest BCUT2D eigenvalue weighted by Crippen LogP contribution is 2.40. The van der Waals surface area contributed by atoms with Crippen LogP contribution in [0.1, 0.15) is 40.2 Å². The number of amides is 1. The first-order valence-corrected chi connectivity index (χ1v) is 11.1. The van der Waals surface area contributed by atoms with E-state index in [1.807, 2.05) is 19.1 Å². The number of rotatable bonds is 7. The van der Waals surface area contributed by atoms with Crippen LogP contribution in [-0.4, -0.2) is 54.2 Å². The van der Waals surface area contributed by atoms with Crippen molar-refractivity contribution in [2.45, 2.75) is 25.7 Å². The van der Waals surface area contributed by atoms with Gasteiger partial charge < -0.3 is 25.8 Å². The standard InChI is InChI=1S/C25H29FN4O3.ClH/c1-15-3-4-21(20(26)11-15)29-24-18-12-17(16-5-7-30(8-6-16)9-10-31)23(33-2)13-22(18)28-14-19(24)25(27)32;/h3-4,11-14,16,31H,5-10H2,1-2H3,(H2,27,32)(H,28,29);1H. The number of nitrogens with two attached hydrogens (primary N) is 1. The van der Waals surface area contributed by atoms with Gasteiger partial charge in [-0.1, -0.05) is 6.07 Å². The number of primary amides is 1. The maximum Gasteiger partial charge on any atom is 0.252 e. The summed E-state index contributed by atoms with van der Waals surface area (Å²) in [6, 6.07) is 8.71. The predicted octanol–water partition coefficient (Wildman–Crippen LogP) is 4.13. The molecule has 2 aromatic carbocycles. The Morgan fingerprint density at radius 3 is 2.65 bits per heavy atom. The molecule has 0 radical (unpaired) electrons. The molecule has 1 fully saturated rings. The summed E-state index contributed by atoms with van der Waals surface area (Å²) >= 11 is 0. The van der Waals surface area contributed by atoms with E-state index in [-0.39, 0.29) is 36.2 Å². The van der Waals surface area contributed by atoms with Gasteiger partial charge in [0, 0.05) is 24.2 Å². The van der Waals surface area contributed by atoms with Crippen LogP contribution in [-0.2, 0) is 0 Å². The number of hydrogen-bond acceptors (Lipinski definition) is 6. The summed E-state index contributed by atoms with van der Waals surface area (Å²) in [7, 11) is 1.63. The lowest BCUT2D eigenvalue weighted by atomic mass is 9.87. The number of carbonyl (C=O) groups is 1. The van der Waals surface area contributed by atoms with Gasteiger partial charge in [-0.2, -0.15) is 0 Å². The number of aliphatic hydroxyl groups is 1. The van der Waals surface area contributed by atoms with Crippen LogP contribution in [0.4, 0.5) is 15.8 Å². The Morgan fingerprint density at radius 1 is 1.29 bits per heavy atom. The normalized spacial score (nSPS) is 14.6. The molecule has 0 unspecified atom stereocenters. The molecule has 34 heavy (non-hydrogen) atoms. The average molecular weight is 489 g/mol. The van der Waals surface area contributed by atoms with Gasteiger partial charge >= 0.3 is 0 Å². The van der Waals surface area contributed by atoms with Crippen LogP contribution in [0.2, 0.25) is 0 Å². The van der Waals surface area contributed by atoms with Gasteiger partial charge in [0.2, 0.25) is 0 Å². The first-order valence-electron chi connectivity index (χ1n) is 11.1. The molecule has 0 bridgehead atoms. The number of methoxy groups -OCH3 is 1. The number of aromatic nitrogens is 1. The molecule has 0 aliphatic carbocycles. The van der Waals surface area contributed by atoms with Crippen molar-refractivity contribution in [3.63, 3.8) is 0 Å². The number of halogens is 2. The third kappa shape index (κ3) is 5.24. The number of aliphatic hydroxyl groups excluding tert-OH is 1. The van der Waals surface area contributed by atoms with Gasteiger partial charge in [0.05, 0.1) is 36.2 Å². The molecule has 4 rings (SSSR count). The summed E-state index contributed by atoms with van der Waals surface area (Å²) in [4.78, 5) is 18.9. The number of pyridine rings is 1. The van der Waals surface area contributed by atoms with Crippen molar-refractivity contribution < 1.29 is 19.0 Å². The molecular formula is C25H30ClFN4O3. The fourth-order valence-electron chi connectivity index (χ4n) is 4.52. The lowest BCUT2D eigenvalue weighted by Crippen LogP contribution is -2.35. The largest absolute Gasteiger partial charge is 0.496 e. The number of carbonyl (C=O) groups excluding carboxylic acids is 1. The number of nitrogens with zero attached hydrogens (tertiary/aromatic N) is 2. The molecule has 182 valence electrons. The Bertz CT molecular complexity index is 1180. The molecule has 4 N–H and O–H groups in total. The zero-order valence-corrected chi connectivity index (χ0v) is 20.1. The van der Waals surface area contributed by atoms with Gasteiger partial charge in [-0.25, -0.2) is 4.39 Å². The van der Waals surface area contributed by atoms with Crippen LogP contribution < -0.4 is 15.8 Å². The lowest BCUT2D eigenvalue weighted by Gasteiger charge is -2.32. The van der Waals surface area contributed by atoms with Crippen molar-refractivity contribution in [2.24, 2.45) is 5.73 Å². The van der Waals surface area contributed by atoms with Gasteiger partial charge in [0.1, 0.15) is 11.6 Å². The highest BCUT2D eigenvalue weighted by Gasteiger charge is 2.25. The maximum atomic E-state index is 14.6. The SMILES string of the molecule is COc1cc2ncc(C(N)=O)c(Nc3ccc(C)cc3F)c2cc1C1CCN(CCO)CC1.Cl. The molecule has 1 amide bonds. The second-order valence-corrected chi connectivity index (χ2v) is 8.47. The Labute approximate surface area is 204 Å². The number of likely N-dealkylation sites (tertiary alicyclic amines) is 1. The summed E-state index contributed by atoms with van der Waals surface area (Å²) in [6.45, 7) is 4.39. The van der Waals surface area contributed by atoms with Crippen molar-refractivity contribution >= 4 is 40.6 Å². The first-order chi connectivity index (χ1) is 15.9. The number of anilines is 2. The minimum absolute atomic E-state index is 0. The minimum atomic E-state index is -0.644. The van der Waals surface area contributed by atoms with E-state index in [4.69, 9.17) is 10.5 Å². The summed E-state index contributed by atoms with van der Waals surface area (Å²) < 4.78 is 20.3. The van der Waals surface area contributed by atoms with E-state index < -0.39 is 11.7 Å². The lowest BCUT2D eigenvalue weighted by molar-refractivity contribution is 0.100. The first kappa shape index (κ1) is 25.7. The molecule has 0 spiro atoms. The molecule has 0 saturated carbocycles. The maximum absolute atomic E-state index is 14.6. The van der Waals surface area contributed by atoms with Gasteiger partial charge in [0.25, 0.3) is 5.91 Å². The van der Waals surface area contributed by atoms with Crippen molar-refractivity contribution in [3.8, 4) is 5.75 Å². The number of ether oxygens (including phenoxy) is 1. The molecule has 1 aromatic heterocycles. The van der Waals surface area contributed by atoms with Crippen LogP contribution in [0.3, 0.4) is 0 Å². The Morgan fingerprint density at radius 2 is 2.03 bits per heavy atom. The molecule has 1 aliphatic heterocycles. The average Bonchev–Trinajstić information content (AvgIpc) is 2.80. The third-order valence-corrected chi connectivity index (χ3v) is 6.31. The second-order valence-electron chi connectivity index (χ2n) is 8.47. The van der Waals surface area contributed by atoms with E-state index in [2.05, 4.69) is 15.2 Å². The summed E-state index contributed by atoms with van der Waals surface area (Å²) in [6.07, 6.45) is 3.24. The molecule has 2 heterocycles. The quantitative estimate of drug-likeness (QED) is 0.462. The van der Waals surface area contributed by atoms with E-state index in [0.29, 0.717) is 23.1 Å². The van der Waals surface area contributed by atoms with Crippen molar-refractivity contribution in [3.05, 3.63) is 59.0 Å². The number of nitrogens with one attached hydrogen (secondary N) is 1. The number of hydrogen-bond donors (Lipinski definition) is 3. The van der Waals surface area contributed by atoms with Crippen LogP contribution in [0.25, 0.3) is 10.9 Å². The van der Waals surface area contributed by atoms with Crippen molar-refractivity contribution in [1.82, 2.24) is 9.88 Å². The number of benzene rings is 2. The highest BCUT2D eigenvalue weighted by molar-refractivity contribution is 6.07. The molecule has 3 aromatic rings. The fraction of sp³-hybridized carbons (Fsp3) is 0.360. The minimum Gasteiger partial charge on any atom is -0.496 e. The van der Waals surface area contributed by atoms with Crippen LogP contribution in [0, 0.1) is 12.7 Å². The zero-order chi connectivity index (χ0) is 23.5. The molecule has 1 saturated heterocycles. The topological polar surface area (TPSA) is 101 Å². The van der Waals surface area contributed by atoms with Crippen molar-refractivity contribution in [2.75, 3.05) is 38.7 Å². The number of aryl methyl sites for hydroxylation is 1. The smallest absolute Gasteiger partial charge is 0.252 e. The monoisotopic (exact) mass is 488 g/mol.